The Hall–Kier alpha value is -2.31. The second-order valence-corrected chi connectivity index (χ2v) is 9.52. The summed E-state index contributed by atoms with van der Waals surface area (Å²) in [5.74, 6) is 0.429. The summed E-state index contributed by atoms with van der Waals surface area (Å²) in [4.78, 5) is 14.6. The van der Waals surface area contributed by atoms with Gasteiger partial charge in [-0.2, -0.15) is 0 Å². The molecule has 1 aliphatic rings. The first-order valence-electron chi connectivity index (χ1n) is 9.62. The van der Waals surface area contributed by atoms with E-state index in [4.69, 9.17) is 11.6 Å². The van der Waals surface area contributed by atoms with Gasteiger partial charge < -0.3 is 4.90 Å². The van der Waals surface area contributed by atoms with Gasteiger partial charge in [-0.3, -0.25) is 9.10 Å². The van der Waals surface area contributed by atoms with Crippen LogP contribution in [0, 0.1) is 5.92 Å². The van der Waals surface area contributed by atoms with Crippen LogP contribution in [0.4, 0.5) is 5.69 Å². The first-order valence-corrected chi connectivity index (χ1v) is 11.4. The predicted octanol–water partition coefficient (Wildman–Crippen LogP) is 4.59. The number of carbonyl (C=O) groups is 1. The van der Waals surface area contributed by atoms with Gasteiger partial charge in [-0.1, -0.05) is 42.8 Å². The summed E-state index contributed by atoms with van der Waals surface area (Å²) in [6, 6.07) is 13.2. The molecular formula is C22H25ClN2O3S. The summed E-state index contributed by atoms with van der Waals surface area (Å²) < 4.78 is 28.0. The van der Waals surface area contributed by atoms with Gasteiger partial charge in [-0.15, -0.1) is 6.58 Å². The van der Waals surface area contributed by atoms with E-state index < -0.39 is 10.0 Å². The lowest BCUT2D eigenvalue weighted by Gasteiger charge is -2.30. The number of sulfonamides is 1. The Morgan fingerprint density at radius 2 is 1.86 bits per heavy atom. The molecule has 0 unspecified atom stereocenters. The number of piperidine rings is 1. The zero-order chi connectivity index (χ0) is 21.0. The number of hydrogen-bond acceptors (Lipinski definition) is 3. The second-order valence-electron chi connectivity index (χ2n) is 7.28. The monoisotopic (exact) mass is 432 g/mol. The highest BCUT2D eigenvalue weighted by molar-refractivity contribution is 7.93. The van der Waals surface area contributed by atoms with Gasteiger partial charge in [0.25, 0.3) is 15.9 Å². The van der Waals surface area contributed by atoms with E-state index in [1.807, 2.05) is 6.07 Å². The Morgan fingerprint density at radius 1 is 1.21 bits per heavy atom. The Bertz CT molecular complexity index is 984. The molecule has 1 heterocycles. The molecule has 154 valence electrons. The molecule has 1 amide bonds. The summed E-state index contributed by atoms with van der Waals surface area (Å²) in [6.07, 6.45) is 3.42. The van der Waals surface area contributed by atoms with Gasteiger partial charge in [0.2, 0.25) is 0 Å². The Balaban J connectivity index is 1.97. The maximum atomic E-state index is 13.4. The SMILES string of the molecule is C=CCN(c1ccccc1)S(=O)(=O)c1cc(C(=O)N2CCC(C)CC2)ccc1Cl. The molecule has 0 saturated carbocycles. The van der Waals surface area contributed by atoms with Crippen molar-refractivity contribution in [2.45, 2.75) is 24.7 Å². The second kappa shape index (κ2) is 9.01. The van der Waals surface area contributed by atoms with Crippen LogP contribution < -0.4 is 4.31 Å². The third kappa shape index (κ3) is 4.65. The van der Waals surface area contributed by atoms with Crippen LogP contribution in [-0.2, 0) is 10.0 Å². The van der Waals surface area contributed by atoms with Crippen LogP contribution in [0.5, 0.6) is 0 Å². The van der Waals surface area contributed by atoms with Crippen LogP contribution in [0.25, 0.3) is 0 Å². The van der Waals surface area contributed by atoms with E-state index in [1.54, 1.807) is 35.2 Å². The van der Waals surface area contributed by atoms with Gasteiger partial charge in [0.05, 0.1) is 17.3 Å². The highest BCUT2D eigenvalue weighted by atomic mass is 35.5. The molecule has 7 heteroatoms. The minimum Gasteiger partial charge on any atom is -0.339 e. The molecule has 5 nitrogen and oxygen atoms in total. The zero-order valence-corrected chi connectivity index (χ0v) is 18.0. The number of anilines is 1. The summed E-state index contributed by atoms with van der Waals surface area (Å²) in [7, 11) is -3.98. The maximum Gasteiger partial charge on any atom is 0.266 e. The number of halogens is 1. The maximum absolute atomic E-state index is 13.4. The largest absolute Gasteiger partial charge is 0.339 e. The van der Waals surface area contributed by atoms with Gasteiger partial charge in [0.15, 0.2) is 0 Å². The van der Waals surface area contributed by atoms with Gasteiger partial charge in [-0.05, 0) is 49.1 Å². The molecule has 0 aromatic heterocycles. The van der Waals surface area contributed by atoms with Gasteiger partial charge in [-0.25, -0.2) is 8.42 Å². The van der Waals surface area contributed by atoms with Crippen molar-refractivity contribution in [2.75, 3.05) is 23.9 Å². The fourth-order valence-corrected chi connectivity index (χ4v) is 5.34. The minimum atomic E-state index is -3.98. The topological polar surface area (TPSA) is 57.7 Å². The highest BCUT2D eigenvalue weighted by Gasteiger charge is 2.29. The summed E-state index contributed by atoms with van der Waals surface area (Å²) in [5, 5.41) is 0.0822. The predicted molar refractivity (Wildman–Crippen MR) is 117 cm³/mol. The van der Waals surface area contributed by atoms with Crippen molar-refractivity contribution in [1.82, 2.24) is 4.90 Å². The smallest absolute Gasteiger partial charge is 0.266 e. The molecule has 0 N–H and O–H groups in total. The molecule has 1 aliphatic heterocycles. The van der Waals surface area contributed by atoms with E-state index in [-0.39, 0.29) is 22.4 Å². The molecule has 1 saturated heterocycles. The molecule has 2 aromatic rings. The van der Waals surface area contributed by atoms with Gasteiger partial charge in [0.1, 0.15) is 4.90 Å². The molecule has 3 rings (SSSR count). The molecule has 1 fully saturated rings. The molecule has 0 radical (unpaired) electrons. The van der Waals surface area contributed by atoms with E-state index in [9.17, 15) is 13.2 Å². The van der Waals surface area contributed by atoms with E-state index in [0.717, 1.165) is 12.8 Å². The lowest BCUT2D eigenvalue weighted by molar-refractivity contribution is 0.0697. The van der Waals surface area contributed by atoms with Crippen LogP contribution in [0.15, 0.2) is 66.1 Å². The molecule has 0 atom stereocenters. The van der Waals surface area contributed by atoms with Crippen molar-refractivity contribution >= 4 is 33.2 Å². The lowest BCUT2D eigenvalue weighted by Crippen LogP contribution is -2.38. The fraction of sp³-hybridized carbons (Fsp3) is 0.318. The van der Waals surface area contributed by atoms with Crippen LogP contribution >= 0.6 is 11.6 Å². The summed E-state index contributed by atoms with van der Waals surface area (Å²) >= 11 is 6.27. The number of benzene rings is 2. The molecule has 2 aromatic carbocycles. The van der Waals surface area contributed by atoms with Crippen LogP contribution in [0.2, 0.25) is 5.02 Å². The average molecular weight is 433 g/mol. The number of nitrogens with zero attached hydrogens (tertiary/aromatic N) is 2. The van der Waals surface area contributed by atoms with Gasteiger partial charge >= 0.3 is 0 Å². The first kappa shape index (κ1) is 21.4. The third-order valence-corrected chi connectivity index (χ3v) is 7.43. The first-order chi connectivity index (χ1) is 13.8. The third-order valence-electron chi connectivity index (χ3n) is 5.16. The van der Waals surface area contributed by atoms with Crippen molar-refractivity contribution in [1.29, 1.82) is 0 Å². The number of para-hydroxylation sites is 1. The van der Waals surface area contributed by atoms with Crippen LogP contribution in [0.1, 0.15) is 30.1 Å². The Kier molecular flexibility index (Phi) is 6.65. The average Bonchev–Trinajstić information content (AvgIpc) is 2.72. The van der Waals surface area contributed by atoms with E-state index in [0.29, 0.717) is 30.3 Å². The van der Waals surface area contributed by atoms with E-state index >= 15 is 0 Å². The van der Waals surface area contributed by atoms with Crippen LogP contribution in [0.3, 0.4) is 0 Å². The quantitative estimate of drug-likeness (QED) is 0.627. The molecule has 0 aliphatic carbocycles. The summed E-state index contributed by atoms with van der Waals surface area (Å²) in [6.45, 7) is 7.29. The van der Waals surface area contributed by atoms with Crippen molar-refractivity contribution in [3.05, 3.63) is 71.8 Å². The minimum absolute atomic E-state index is 0.0822. The highest BCUT2D eigenvalue weighted by Crippen LogP contribution is 2.30. The van der Waals surface area contributed by atoms with Gasteiger partial charge in [0, 0.05) is 18.7 Å². The molecular weight excluding hydrogens is 408 g/mol. The van der Waals surface area contributed by atoms with E-state index in [2.05, 4.69) is 13.5 Å². The lowest BCUT2D eigenvalue weighted by atomic mass is 9.98. The zero-order valence-electron chi connectivity index (χ0n) is 16.4. The fourth-order valence-electron chi connectivity index (χ4n) is 3.40. The standard InChI is InChI=1S/C22H25ClN2O3S/c1-3-13-25(19-7-5-4-6-8-19)29(27,28)21-16-18(9-10-20(21)23)22(26)24-14-11-17(2)12-15-24/h3-10,16-17H,1,11-15H2,2H3. The Morgan fingerprint density at radius 3 is 2.48 bits per heavy atom. The van der Waals surface area contributed by atoms with Crippen molar-refractivity contribution < 1.29 is 13.2 Å². The molecule has 0 bridgehead atoms. The number of amides is 1. The molecule has 0 spiro atoms. The number of likely N-dealkylation sites (tertiary alicyclic amines) is 1. The van der Waals surface area contributed by atoms with E-state index in [1.165, 1.54) is 22.5 Å². The number of carbonyl (C=O) groups excluding carboxylic acids is 1. The van der Waals surface area contributed by atoms with Crippen molar-refractivity contribution in [3.63, 3.8) is 0 Å². The number of rotatable bonds is 6. The Labute approximate surface area is 177 Å². The van der Waals surface area contributed by atoms with Crippen molar-refractivity contribution in [3.8, 4) is 0 Å². The number of hydrogen-bond donors (Lipinski definition) is 0. The molecule has 29 heavy (non-hydrogen) atoms. The van der Waals surface area contributed by atoms with Crippen molar-refractivity contribution in [2.24, 2.45) is 5.92 Å². The van der Waals surface area contributed by atoms with Crippen LogP contribution in [-0.4, -0.2) is 38.9 Å². The normalized spacial score (nSPS) is 15.2. The summed E-state index contributed by atoms with van der Waals surface area (Å²) in [5.41, 5.74) is 0.833.